The maximum Gasteiger partial charge on any atom is 0.189 e. The van der Waals surface area contributed by atoms with E-state index in [0.29, 0.717) is 19.1 Å². The molecule has 1 unspecified atom stereocenters. The van der Waals surface area contributed by atoms with Crippen LogP contribution < -0.4 is 15.8 Å². The minimum Gasteiger partial charge on any atom is -0.493 e. The fourth-order valence-corrected chi connectivity index (χ4v) is 3.37. The van der Waals surface area contributed by atoms with Crippen LogP contribution in [0.25, 0.3) is 11.0 Å². The number of imidazole rings is 1. The predicted molar refractivity (Wildman–Crippen MR) is 103 cm³/mol. The van der Waals surface area contributed by atoms with Crippen molar-refractivity contribution < 1.29 is 4.74 Å². The molecule has 134 valence electrons. The number of ether oxygens (including phenoxy) is 1. The van der Waals surface area contributed by atoms with Crippen molar-refractivity contribution in [2.75, 3.05) is 6.61 Å². The molecule has 1 aromatic heterocycles. The van der Waals surface area contributed by atoms with Crippen molar-refractivity contribution in [3.8, 4) is 5.75 Å². The van der Waals surface area contributed by atoms with E-state index in [1.165, 1.54) is 5.56 Å². The molecule has 2 heterocycles. The summed E-state index contributed by atoms with van der Waals surface area (Å²) in [6, 6.07) is 14.4. The van der Waals surface area contributed by atoms with E-state index < -0.39 is 0 Å². The third-order valence-corrected chi connectivity index (χ3v) is 4.80. The maximum absolute atomic E-state index is 6.14. The summed E-state index contributed by atoms with van der Waals surface area (Å²) in [4.78, 5) is 9.18. The SMILES string of the molecule is Cc1ccc2c(c1)nc(CN=C(N)NC1CCOc3ccccc31)n2C. The third-order valence-electron chi connectivity index (χ3n) is 4.80. The number of aromatic nitrogens is 2. The molecule has 0 fully saturated rings. The number of guanidine groups is 1. The van der Waals surface area contributed by atoms with Crippen molar-refractivity contribution >= 4 is 17.0 Å². The fraction of sp³-hybridized carbons (Fsp3) is 0.300. The molecule has 1 aliphatic rings. The van der Waals surface area contributed by atoms with E-state index in [1.54, 1.807) is 0 Å². The third kappa shape index (κ3) is 3.10. The van der Waals surface area contributed by atoms with E-state index >= 15 is 0 Å². The number of nitrogens with zero attached hydrogens (tertiary/aromatic N) is 3. The van der Waals surface area contributed by atoms with Gasteiger partial charge in [-0.2, -0.15) is 0 Å². The maximum atomic E-state index is 6.14. The molecule has 1 atom stereocenters. The fourth-order valence-electron chi connectivity index (χ4n) is 3.37. The second-order valence-corrected chi connectivity index (χ2v) is 6.65. The molecule has 0 bridgehead atoms. The lowest BCUT2D eigenvalue weighted by atomic mass is 10.0. The molecule has 0 amide bonds. The van der Waals surface area contributed by atoms with Crippen molar-refractivity contribution in [1.82, 2.24) is 14.9 Å². The quantitative estimate of drug-likeness (QED) is 0.563. The van der Waals surface area contributed by atoms with Gasteiger partial charge < -0.3 is 20.4 Å². The highest BCUT2D eigenvalue weighted by molar-refractivity contribution is 5.79. The minimum atomic E-state index is 0.117. The lowest BCUT2D eigenvalue weighted by Crippen LogP contribution is -2.37. The molecular formula is C20H23N5O. The van der Waals surface area contributed by atoms with Crippen molar-refractivity contribution in [1.29, 1.82) is 0 Å². The van der Waals surface area contributed by atoms with Gasteiger partial charge in [0.1, 0.15) is 18.1 Å². The molecule has 0 aliphatic carbocycles. The molecule has 3 aromatic rings. The summed E-state index contributed by atoms with van der Waals surface area (Å²) in [5.74, 6) is 2.23. The molecule has 4 rings (SSSR count). The van der Waals surface area contributed by atoms with Crippen LogP contribution in [0.4, 0.5) is 0 Å². The lowest BCUT2D eigenvalue weighted by molar-refractivity contribution is 0.262. The van der Waals surface area contributed by atoms with E-state index in [9.17, 15) is 0 Å². The standard InChI is InChI=1S/C20H23N5O/c1-13-7-8-17-16(11-13)23-19(25(17)2)12-22-20(21)24-15-9-10-26-18-6-4-3-5-14(15)18/h3-8,11,15H,9-10,12H2,1-2H3,(H3,21,22,24). The molecule has 1 aliphatic heterocycles. The molecule has 26 heavy (non-hydrogen) atoms. The highest BCUT2D eigenvalue weighted by Gasteiger charge is 2.21. The van der Waals surface area contributed by atoms with Crippen LogP contribution in [-0.4, -0.2) is 22.1 Å². The van der Waals surface area contributed by atoms with Gasteiger partial charge in [-0.25, -0.2) is 9.98 Å². The lowest BCUT2D eigenvalue weighted by Gasteiger charge is -2.26. The number of rotatable bonds is 3. The first-order valence-electron chi connectivity index (χ1n) is 8.82. The van der Waals surface area contributed by atoms with Crippen LogP contribution in [0.1, 0.15) is 29.4 Å². The largest absolute Gasteiger partial charge is 0.493 e. The Morgan fingerprint density at radius 1 is 1.35 bits per heavy atom. The van der Waals surface area contributed by atoms with Gasteiger partial charge in [0.2, 0.25) is 0 Å². The Kier molecular flexibility index (Phi) is 4.24. The van der Waals surface area contributed by atoms with Crippen LogP contribution >= 0.6 is 0 Å². The first-order valence-corrected chi connectivity index (χ1v) is 8.82. The van der Waals surface area contributed by atoms with Gasteiger partial charge >= 0.3 is 0 Å². The zero-order chi connectivity index (χ0) is 18.1. The van der Waals surface area contributed by atoms with E-state index in [2.05, 4.69) is 51.0 Å². The topological polar surface area (TPSA) is 77.5 Å². The summed E-state index contributed by atoms with van der Waals surface area (Å²) in [7, 11) is 2.01. The Hall–Kier alpha value is -3.02. The summed E-state index contributed by atoms with van der Waals surface area (Å²) in [5, 5.41) is 3.32. The normalized spacial score (nSPS) is 17.0. The Labute approximate surface area is 152 Å². The van der Waals surface area contributed by atoms with Gasteiger partial charge in [0.15, 0.2) is 5.96 Å². The van der Waals surface area contributed by atoms with E-state index in [-0.39, 0.29) is 6.04 Å². The van der Waals surface area contributed by atoms with Crippen LogP contribution in [0.2, 0.25) is 0 Å². The first kappa shape index (κ1) is 16.4. The van der Waals surface area contributed by atoms with Crippen LogP contribution in [0.5, 0.6) is 5.75 Å². The number of benzene rings is 2. The zero-order valence-electron chi connectivity index (χ0n) is 15.1. The van der Waals surface area contributed by atoms with E-state index in [4.69, 9.17) is 10.5 Å². The molecule has 2 aromatic carbocycles. The minimum absolute atomic E-state index is 0.117. The highest BCUT2D eigenvalue weighted by Crippen LogP contribution is 2.31. The van der Waals surface area contributed by atoms with Gasteiger partial charge in [0, 0.05) is 19.0 Å². The summed E-state index contributed by atoms with van der Waals surface area (Å²) in [6.45, 7) is 3.18. The molecule has 6 heteroatoms. The monoisotopic (exact) mass is 349 g/mol. The average Bonchev–Trinajstić information content (AvgIpc) is 2.95. The Bertz CT molecular complexity index is 975. The van der Waals surface area contributed by atoms with Gasteiger partial charge in [-0.1, -0.05) is 24.3 Å². The second-order valence-electron chi connectivity index (χ2n) is 6.65. The average molecular weight is 349 g/mol. The van der Waals surface area contributed by atoms with Crippen LogP contribution in [0.3, 0.4) is 0 Å². The Morgan fingerprint density at radius 2 is 2.19 bits per heavy atom. The number of nitrogens with two attached hydrogens (primary N) is 1. The molecule has 3 N–H and O–H groups in total. The molecule has 0 radical (unpaired) electrons. The summed E-state index contributed by atoms with van der Waals surface area (Å²) in [5.41, 5.74) is 10.5. The number of hydrogen-bond donors (Lipinski definition) is 2. The number of para-hydroxylation sites is 1. The van der Waals surface area contributed by atoms with Crippen LogP contribution in [0, 0.1) is 6.92 Å². The number of nitrogens with one attached hydrogen (secondary N) is 1. The van der Waals surface area contributed by atoms with Crippen molar-refractivity contribution in [2.45, 2.75) is 25.9 Å². The first-order chi connectivity index (χ1) is 12.6. The molecule has 0 saturated carbocycles. The summed E-state index contributed by atoms with van der Waals surface area (Å²) in [6.07, 6.45) is 0.860. The van der Waals surface area contributed by atoms with Gasteiger partial charge in [-0.3, -0.25) is 0 Å². The Balaban J connectivity index is 1.50. The molecule has 6 nitrogen and oxygen atoms in total. The van der Waals surface area contributed by atoms with Crippen molar-refractivity contribution in [2.24, 2.45) is 17.8 Å². The van der Waals surface area contributed by atoms with E-state index in [0.717, 1.165) is 34.6 Å². The number of aryl methyl sites for hydroxylation is 2. The van der Waals surface area contributed by atoms with Gasteiger partial charge in [-0.15, -0.1) is 0 Å². The van der Waals surface area contributed by atoms with Gasteiger partial charge in [0.25, 0.3) is 0 Å². The molecular weight excluding hydrogens is 326 g/mol. The summed E-state index contributed by atoms with van der Waals surface area (Å²) < 4.78 is 7.75. The van der Waals surface area contributed by atoms with E-state index in [1.807, 2.05) is 25.2 Å². The number of hydrogen-bond acceptors (Lipinski definition) is 3. The highest BCUT2D eigenvalue weighted by atomic mass is 16.5. The van der Waals surface area contributed by atoms with Gasteiger partial charge in [-0.05, 0) is 30.7 Å². The summed E-state index contributed by atoms with van der Waals surface area (Å²) >= 11 is 0. The molecule has 0 spiro atoms. The smallest absolute Gasteiger partial charge is 0.189 e. The van der Waals surface area contributed by atoms with Crippen LogP contribution in [-0.2, 0) is 13.6 Å². The zero-order valence-corrected chi connectivity index (χ0v) is 15.1. The predicted octanol–water partition coefficient (Wildman–Crippen LogP) is 2.81. The van der Waals surface area contributed by atoms with Crippen molar-refractivity contribution in [3.05, 3.63) is 59.4 Å². The number of fused-ring (bicyclic) bond motifs is 2. The Morgan fingerprint density at radius 3 is 3.08 bits per heavy atom. The van der Waals surface area contributed by atoms with Crippen molar-refractivity contribution in [3.63, 3.8) is 0 Å². The second kappa shape index (κ2) is 6.71. The molecule has 0 saturated heterocycles. The number of aliphatic imine (C=N–C) groups is 1. The van der Waals surface area contributed by atoms with Gasteiger partial charge in [0.05, 0.1) is 23.7 Å². The van der Waals surface area contributed by atoms with Crippen LogP contribution in [0.15, 0.2) is 47.5 Å².